The van der Waals surface area contributed by atoms with Crippen LogP contribution in [0.3, 0.4) is 0 Å². The van der Waals surface area contributed by atoms with Crippen molar-refractivity contribution in [3.05, 3.63) is 29.7 Å². The molecule has 17 heavy (non-hydrogen) atoms. The minimum Gasteiger partial charge on any atom is -0.478 e. The van der Waals surface area contributed by atoms with Gasteiger partial charge in [-0.25, -0.2) is 4.98 Å². The number of halogens is 4. The lowest BCUT2D eigenvalue weighted by Gasteiger charge is -2.08. The molecule has 7 heteroatoms. The molecule has 1 aromatic rings. The summed E-state index contributed by atoms with van der Waals surface area (Å²) in [6.45, 7) is 3.76. The molecule has 0 saturated heterocycles. The van der Waals surface area contributed by atoms with Crippen LogP contribution in [-0.2, 0) is 6.18 Å². The molecule has 3 nitrogen and oxygen atoms in total. The van der Waals surface area contributed by atoms with E-state index in [1.54, 1.807) is 6.08 Å². The van der Waals surface area contributed by atoms with Gasteiger partial charge < -0.3 is 4.74 Å². The molecule has 0 amide bonds. The smallest absolute Gasteiger partial charge is 0.433 e. The van der Waals surface area contributed by atoms with Crippen molar-refractivity contribution >= 4 is 11.6 Å². The van der Waals surface area contributed by atoms with E-state index in [1.807, 2.05) is 0 Å². The number of unbranched alkanes of at least 4 members (excludes halogenated alkanes) is 1. The molecule has 0 spiro atoms. The average Bonchev–Trinajstić information content (AvgIpc) is 2.22. The molecule has 1 heterocycles. The maximum Gasteiger partial charge on any atom is 0.433 e. The summed E-state index contributed by atoms with van der Waals surface area (Å²) >= 11 is 5.38. The molecular formula is C10H10ClF3N2O. The van der Waals surface area contributed by atoms with Gasteiger partial charge in [-0.05, 0) is 24.4 Å². The van der Waals surface area contributed by atoms with Crippen molar-refractivity contribution < 1.29 is 17.9 Å². The van der Waals surface area contributed by atoms with Crippen molar-refractivity contribution in [3.8, 4) is 5.88 Å². The highest BCUT2D eigenvalue weighted by Crippen LogP contribution is 2.30. The maximum absolute atomic E-state index is 12.4. The van der Waals surface area contributed by atoms with E-state index in [1.165, 1.54) is 0 Å². The third-order valence-electron chi connectivity index (χ3n) is 1.77. The van der Waals surface area contributed by atoms with Gasteiger partial charge in [-0.1, -0.05) is 6.08 Å². The summed E-state index contributed by atoms with van der Waals surface area (Å²) in [5, 5.41) is -0.487. The summed E-state index contributed by atoms with van der Waals surface area (Å²) in [6, 6.07) is 0.722. The first-order chi connectivity index (χ1) is 7.93. The number of allylic oxidation sites excluding steroid dienone is 1. The molecule has 0 aliphatic heterocycles. The lowest BCUT2D eigenvalue weighted by atomic mass is 10.3. The largest absolute Gasteiger partial charge is 0.478 e. The van der Waals surface area contributed by atoms with Crippen molar-refractivity contribution in [1.29, 1.82) is 0 Å². The molecule has 0 atom stereocenters. The first-order valence-electron chi connectivity index (χ1n) is 4.79. The van der Waals surface area contributed by atoms with Crippen molar-refractivity contribution in [2.24, 2.45) is 0 Å². The van der Waals surface area contributed by atoms with E-state index in [0.29, 0.717) is 12.8 Å². The fourth-order valence-electron chi connectivity index (χ4n) is 1.02. The van der Waals surface area contributed by atoms with Gasteiger partial charge in [0.2, 0.25) is 11.2 Å². The number of rotatable bonds is 5. The van der Waals surface area contributed by atoms with Gasteiger partial charge >= 0.3 is 6.18 Å². The number of hydrogen-bond acceptors (Lipinski definition) is 3. The van der Waals surface area contributed by atoms with Crippen LogP contribution in [0.5, 0.6) is 5.88 Å². The quantitative estimate of drug-likeness (QED) is 0.465. The van der Waals surface area contributed by atoms with Gasteiger partial charge in [0.15, 0.2) is 5.69 Å². The Morgan fingerprint density at radius 1 is 1.41 bits per heavy atom. The second kappa shape index (κ2) is 5.86. The highest BCUT2D eigenvalue weighted by atomic mass is 35.5. The summed E-state index contributed by atoms with van der Waals surface area (Å²) in [7, 11) is 0. The Hall–Kier alpha value is -1.30. The average molecular weight is 267 g/mol. The number of alkyl halides is 3. The molecular weight excluding hydrogens is 257 g/mol. The number of nitrogens with zero attached hydrogens (tertiary/aromatic N) is 2. The molecule has 94 valence electrons. The third-order valence-corrected chi connectivity index (χ3v) is 1.94. The zero-order valence-corrected chi connectivity index (χ0v) is 9.55. The van der Waals surface area contributed by atoms with Crippen LogP contribution in [0.15, 0.2) is 18.7 Å². The Labute approximate surface area is 101 Å². The number of ether oxygens (including phenoxy) is 1. The lowest BCUT2D eigenvalue weighted by molar-refractivity contribution is -0.141. The van der Waals surface area contributed by atoms with Gasteiger partial charge in [0.05, 0.1) is 6.61 Å². The summed E-state index contributed by atoms with van der Waals surface area (Å²) < 4.78 is 42.2. The molecule has 1 aromatic heterocycles. The van der Waals surface area contributed by atoms with Crippen LogP contribution in [-0.4, -0.2) is 16.6 Å². The summed E-state index contributed by atoms with van der Waals surface area (Å²) in [6.07, 6.45) is -1.51. The molecule has 0 radical (unpaired) electrons. The Morgan fingerprint density at radius 3 is 2.71 bits per heavy atom. The van der Waals surface area contributed by atoms with Crippen LogP contribution in [0.25, 0.3) is 0 Å². The fourth-order valence-corrected chi connectivity index (χ4v) is 1.19. The molecule has 0 saturated carbocycles. The first-order valence-corrected chi connectivity index (χ1v) is 5.16. The Kier molecular flexibility index (Phi) is 4.74. The van der Waals surface area contributed by atoms with Gasteiger partial charge in [0, 0.05) is 6.07 Å². The lowest BCUT2D eigenvalue weighted by Crippen LogP contribution is -2.10. The second-order valence-electron chi connectivity index (χ2n) is 3.14. The zero-order valence-electron chi connectivity index (χ0n) is 8.80. The predicted molar refractivity (Wildman–Crippen MR) is 57.0 cm³/mol. The summed E-state index contributed by atoms with van der Waals surface area (Å²) in [5.41, 5.74) is -1.11. The van der Waals surface area contributed by atoms with Crippen LogP contribution in [0.2, 0.25) is 5.28 Å². The van der Waals surface area contributed by atoms with Gasteiger partial charge in [-0.3, -0.25) is 0 Å². The Balaban J connectivity index is 2.72. The minimum atomic E-state index is -4.56. The van der Waals surface area contributed by atoms with E-state index in [4.69, 9.17) is 16.3 Å². The van der Waals surface area contributed by atoms with E-state index in [0.717, 1.165) is 6.07 Å². The highest BCUT2D eigenvalue weighted by molar-refractivity contribution is 6.28. The van der Waals surface area contributed by atoms with Gasteiger partial charge in [-0.2, -0.15) is 18.2 Å². The standard InChI is InChI=1S/C10H10ClF3N2O/c1-2-3-4-5-17-8-6-7(10(12,13)14)15-9(11)16-8/h2,6H,1,3-5H2. The summed E-state index contributed by atoms with van der Waals surface area (Å²) in [4.78, 5) is 6.63. The van der Waals surface area contributed by atoms with Gasteiger partial charge in [-0.15, -0.1) is 6.58 Å². The summed E-state index contributed by atoms with van der Waals surface area (Å²) in [5.74, 6) is -0.179. The fraction of sp³-hybridized carbons (Fsp3) is 0.400. The third kappa shape index (κ3) is 4.60. The normalized spacial score (nSPS) is 11.3. The zero-order chi connectivity index (χ0) is 12.9. The second-order valence-corrected chi connectivity index (χ2v) is 3.48. The topological polar surface area (TPSA) is 35.0 Å². The van der Waals surface area contributed by atoms with Gasteiger partial charge in [0.25, 0.3) is 0 Å². The molecule has 1 rings (SSSR count). The van der Waals surface area contributed by atoms with Crippen LogP contribution in [0, 0.1) is 0 Å². The SMILES string of the molecule is C=CCCCOc1cc(C(F)(F)F)nc(Cl)n1. The van der Waals surface area contributed by atoms with E-state index < -0.39 is 17.2 Å². The first kappa shape index (κ1) is 13.8. The van der Waals surface area contributed by atoms with Gasteiger partial charge in [0.1, 0.15) is 0 Å². The van der Waals surface area contributed by atoms with E-state index in [9.17, 15) is 13.2 Å². The molecule has 0 aliphatic rings. The van der Waals surface area contributed by atoms with Crippen molar-refractivity contribution in [3.63, 3.8) is 0 Å². The molecule has 0 unspecified atom stereocenters. The van der Waals surface area contributed by atoms with Crippen LogP contribution < -0.4 is 4.74 Å². The highest BCUT2D eigenvalue weighted by Gasteiger charge is 2.33. The molecule has 0 aliphatic carbocycles. The minimum absolute atomic E-state index is 0.179. The monoisotopic (exact) mass is 266 g/mol. The van der Waals surface area contributed by atoms with Crippen LogP contribution in [0.1, 0.15) is 18.5 Å². The van der Waals surface area contributed by atoms with E-state index in [-0.39, 0.29) is 12.5 Å². The van der Waals surface area contributed by atoms with Crippen molar-refractivity contribution in [2.45, 2.75) is 19.0 Å². The Bertz CT molecular complexity index is 396. The molecule has 0 aromatic carbocycles. The predicted octanol–water partition coefficient (Wildman–Crippen LogP) is 3.49. The van der Waals surface area contributed by atoms with Crippen molar-refractivity contribution in [1.82, 2.24) is 9.97 Å². The number of aromatic nitrogens is 2. The molecule has 0 N–H and O–H groups in total. The number of hydrogen-bond donors (Lipinski definition) is 0. The van der Waals surface area contributed by atoms with Crippen LogP contribution >= 0.6 is 11.6 Å². The Morgan fingerprint density at radius 2 is 2.12 bits per heavy atom. The van der Waals surface area contributed by atoms with E-state index >= 15 is 0 Å². The van der Waals surface area contributed by atoms with E-state index in [2.05, 4.69) is 16.5 Å². The molecule has 0 bridgehead atoms. The van der Waals surface area contributed by atoms with Crippen molar-refractivity contribution in [2.75, 3.05) is 6.61 Å². The maximum atomic E-state index is 12.4. The molecule has 0 fully saturated rings. The van der Waals surface area contributed by atoms with Crippen LogP contribution in [0.4, 0.5) is 13.2 Å².